The van der Waals surface area contributed by atoms with Gasteiger partial charge in [0, 0.05) is 11.4 Å². The Balaban J connectivity index is 0.00000256. The highest BCUT2D eigenvalue weighted by molar-refractivity contribution is 5.89. The summed E-state index contributed by atoms with van der Waals surface area (Å²) in [4.78, 5) is 9.85. The molecule has 6 heteroatoms. The van der Waals surface area contributed by atoms with Crippen molar-refractivity contribution in [2.24, 2.45) is 5.92 Å². The van der Waals surface area contributed by atoms with Crippen LogP contribution in [0.15, 0.2) is 30.3 Å². The predicted molar refractivity (Wildman–Crippen MR) is 127 cm³/mol. The molecule has 1 fully saturated rings. The van der Waals surface area contributed by atoms with Gasteiger partial charge in [-0.1, -0.05) is 46.8 Å². The van der Waals surface area contributed by atoms with E-state index in [1.807, 2.05) is 10.7 Å². The number of para-hydroxylation sites is 1. The van der Waals surface area contributed by atoms with Crippen LogP contribution in [-0.2, 0) is 0 Å². The molecule has 0 saturated heterocycles. The molecule has 2 aromatic heterocycles. The summed E-state index contributed by atoms with van der Waals surface area (Å²) in [5.74, 6) is 3.14. The second-order valence-electron chi connectivity index (χ2n) is 9.21. The predicted octanol–water partition coefficient (Wildman–Crippen LogP) is 6.47. The Kier molecular flexibility index (Phi) is 7.02. The maximum atomic E-state index is 4.98. The number of rotatable bonds is 5. The fourth-order valence-corrected chi connectivity index (χ4v) is 4.14. The molecule has 3 aromatic rings. The molecule has 0 atom stereocenters. The number of aromatic nitrogens is 4. The summed E-state index contributed by atoms with van der Waals surface area (Å²) in [7, 11) is 0. The third kappa shape index (κ3) is 4.61. The first kappa shape index (κ1) is 22.5. The van der Waals surface area contributed by atoms with Gasteiger partial charge < -0.3 is 5.32 Å². The molecular weight excluding hydrogens is 394 g/mol. The van der Waals surface area contributed by atoms with Crippen LogP contribution in [0.2, 0.25) is 0 Å². The molecule has 0 amide bonds. The van der Waals surface area contributed by atoms with Gasteiger partial charge >= 0.3 is 0 Å². The van der Waals surface area contributed by atoms with E-state index >= 15 is 0 Å². The molecule has 5 nitrogen and oxygen atoms in total. The minimum Gasteiger partial charge on any atom is -0.367 e. The number of nitrogens with one attached hydrogen (secondary N) is 1. The number of halogens is 1. The van der Waals surface area contributed by atoms with E-state index in [1.54, 1.807) is 0 Å². The van der Waals surface area contributed by atoms with Crippen molar-refractivity contribution >= 4 is 29.1 Å². The first-order valence-electron chi connectivity index (χ1n) is 11.1. The molecule has 1 aliphatic rings. The average Bonchev–Trinajstić information content (AvgIpc) is 3.16. The topological polar surface area (TPSA) is 55.6 Å². The molecule has 2 heterocycles. The molecule has 30 heavy (non-hydrogen) atoms. The second kappa shape index (κ2) is 9.34. The van der Waals surface area contributed by atoms with Crippen LogP contribution in [0.4, 0.5) is 5.82 Å². The van der Waals surface area contributed by atoms with Crippen LogP contribution >= 0.6 is 12.4 Å². The van der Waals surface area contributed by atoms with E-state index in [2.05, 4.69) is 64.2 Å². The van der Waals surface area contributed by atoms with Gasteiger partial charge in [-0.25, -0.2) is 9.67 Å². The summed E-state index contributed by atoms with van der Waals surface area (Å²) in [6, 6.07) is 10.9. The van der Waals surface area contributed by atoms with Crippen LogP contribution in [0.25, 0.3) is 16.9 Å². The molecule has 0 spiro atoms. The molecule has 0 unspecified atom stereocenters. The number of benzene rings is 1. The number of hydrogen-bond donors (Lipinski definition) is 1. The number of anilines is 1. The van der Waals surface area contributed by atoms with Gasteiger partial charge in [-0.05, 0) is 61.6 Å². The van der Waals surface area contributed by atoms with Gasteiger partial charge in [-0.15, -0.1) is 12.4 Å². The molecule has 1 N–H and O–H groups in total. The molecule has 4 rings (SSSR count). The van der Waals surface area contributed by atoms with Crippen LogP contribution < -0.4 is 5.32 Å². The number of hydrogen-bond acceptors (Lipinski definition) is 4. The maximum absolute atomic E-state index is 4.98. The van der Waals surface area contributed by atoms with E-state index in [0.29, 0.717) is 23.8 Å². The third-order valence-electron chi connectivity index (χ3n) is 6.08. The largest absolute Gasteiger partial charge is 0.367 e. The molecule has 162 valence electrons. The minimum atomic E-state index is 0. The Morgan fingerprint density at radius 1 is 0.967 bits per heavy atom. The fraction of sp³-hybridized carbons (Fsp3) is 0.542. The normalized spacial score (nSPS) is 19.3. The zero-order valence-electron chi connectivity index (χ0n) is 18.7. The highest BCUT2D eigenvalue weighted by atomic mass is 35.5. The summed E-state index contributed by atoms with van der Waals surface area (Å²) >= 11 is 0. The van der Waals surface area contributed by atoms with Crippen molar-refractivity contribution in [3.63, 3.8) is 0 Å². The van der Waals surface area contributed by atoms with Gasteiger partial charge in [-0.2, -0.15) is 10.1 Å². The smallest absolute Gasteiger partial charge is 0.253 e. The highest BCUT2D eigenvalue weighted by Gasteiger charge is 2.21. The van der Waals surface area contributed by atoms with E-state index in [-0.39, 0.29) is 12.4 Å². The van der Waals surface area contributed by atoms with Crippen molar-refractivity contribution < 1.29 is 0 Å². The molecule has 1 aromatic carbocycles. The zero-order chi connectivity index (χ0) is 20.5. The van der Waals surface area contributed by atoms with Crippen molar-refractivity contribution in [1.29, 1.82) is 0 Å². The summed E-state index contributed by atoms with van der Waals surface area (Å²) in [6.45, 7) is 11.1. The van der Waals surface area contributed by atoms with Crippen LogP contribution in [0.1, 0.15) is 83.5 Å². The summed E-state index contributed by atoms with van der Waals surface area (Å²) in [5, 5.41) is 9.69. The maximum Gasteiger partial charge on any atom is 0.253 e. The van der Waals surface area contributed by atoms with Crippen molar-refractivity contribution in [1.82, 2.24) is 19.7 Å². The van der Waals surface area contributed by atoms with Crippen molar-refractivity contribution in [3.05, 3.63) is 41.7 Å². The summed E-state index contributed by atoms with van der Waals surface area (Å²) < 4.78 is 1.95. The quantitative estimate of drug-likeness (QED) is 0.506. The van der Waals surface area contributed by atoms with Gasteiger partial charge in [0.05, 0.1) is 16.9 Å². The molecule has 1 aliphatic carbocycles. The first-order chi connectivity index (χ1) is 13.9. The average molecular weight is 428 g/mol. The van der Waals surface area contributed by atoms with Crippen LogP contribution in [0, 0.1) is 5.92 Å². The molecular formula is C24H34ClN5. The van der Waals surface area contributed by atoms with Gasteiger partial charge in [0.15, 0.2) is 0 Å². The van der Waals surface area contributed by atoms with E-state index in [4.69, 9.17) is 15.1 Å². The lowest BCUT2D eigenvalue weighted by atomic mass is 9.87. The molecule has 0 aliphatic heterocycles. The van der Waals surface area contributed by atoms with Crippen molar-refractivity contribution in [2.45, 2.75) is 78.2 Å². The summed E-state index contributed by atoms with van der Waals surface area (Å²) in [6.07, 6.45) is 4.96. The van der Waals surface area contributed by atoms with Crippen LogP contribution in [-0.4, -0.2) is 25.8 Å². The van der Waals surface area contributed by atoms with E-state index in [1.165, 1.54) is 25.7 Å². The SMILES string of the molecule is CC1CCC(Nc2nc(-n3nc(C(C)C)cc3C(C)C)nc3ccccc23)CC1.Cl. The van der Waals surface area contributed by atoms with E-state index < -0.39 is 0 Å². The van der Waals surface area contributed by atoms with Crippen molar-refractivity contribution in [3.8, 4) is 5.95 Å². The fourth-order valence-electron chi connectivity index (χ4n) is 4.14. The lowest BCUT2D eigenvalue weighted by molar-refractivity contribution is 0.361. The molecule has 1 saturated carbocycles. The van der Waals surface area contributed by atoms with E-state index in [9.17, 15) is 0 Å². The Labute approximate surface area is 186 Å². The molecule has 0 radical (unpaired) electrons. The van der Waals surface area contributed by atoms with E-state index in [0.717, 1.165) is 34.0 Å². The van der Waals surface area contributed by atoms with Crippen molar-refractivity contribution in [2.75, 3.05) is 5.32 Å². The van der Waals surface area contributed by atoms with Gasteiger partial charge in [-0.3, -0.25) is 0 Å². The second-order valence-corrected chi connectivity index (χ2v) is 9.21. The zero-order valence-corrected chi connectivity index (χ0v) is 19.5. The Morgan fingerprint density at radius 3 is 2.33 bits per heavy atom. The number of fused-ring (bicyclic) bond motifs is 1. The van der Waals surface area contributed by atoms with Gasteiger partial charge in [0.1, 0.15) is 5.82 Å². The summed E-state index contributed by atoms with van der Waals surface area (Å²) in [5.41, 5.74) is 3.20. The Morgan fingerprint density at radius 2 is 1.67 bits per heavy atom. The van der Waals surface area contributed by atoms with Gasteiger partial charge in [0.2, 0.25) is 0 Å². The monoisotopic (exact) mass is 427 g/mol. The Bertz CT molecular complexity index is 986. The number of nitrogens with zero attached hydrogens (tertiary/aromatic N) is 4. The highest BCUT2D eigenvalue weighted by Crippen LogP contribution is 2.29. The first-order valence-corrected chi connectivity index (χ1v) is 11.1. The standard InChI is InChI=1S/C24H33N5.ClH/c1-15(2)21-14-22(16(3)4)29(28-21)24-26-20-9-7-6-8-19(20)23(27-24)25-18-12-10-17(5)11-13-18;/h6-9,14-18H,10-13H2,1-5H3,(H,25,26,27);1H. The lowest BCUT2D eigenvalue weighted by Gasteiger charge is -2.27. The minimum absolute atomic E-state index is 0. The van der Waals surface area contributed by atoms with Crippen LogP contribution in [0.3, 0.4) is 0 Å². The molecule has 0 bridgehead atoms. The van der Waals surface area contributed by atoms with Crippen LogP contribution in [0.5, 0.6) is 0 Å². The third-order valence-corrected chi connectivity index (χ3v) is 6.08. The lowest BCUT2D eigenvalue weighted by Crippen LogP contribution is -2.26. The Hall–Kier alpha value is -2.14. The van der Waals surface area contributed by atoms with Gasteiger partial charge in [0.25, 0.3) is 5.95 Å².